The second kappa shape index (κ2) is 7.32. The Morgan fingerprint density at radius 2 is 1.43 bits per heavy atom. The van der Waals surface area contributed by atoms with Crippen molar-refractivity contribution < 1.29 is 41.3 Å². The Balaban J connectivity index is 0. The summed E-state index contributed by atoms with van der Waals surface area (Å²) in [5, 5.41) is 0. The van der Waals surface area contributed by atoms with E-state index in [1.807, 2.05) is 0 Å². The van der Waals surface area contributed by atoms with Crippen LogP contribution in [0.25, 0.3) is 0 Å². The molecule has 0 heterocycles. The van der Waals surface area contributed by atoms with Crippen molar-refractivity contribution in [1.82, 2.24) is 4.90 Å². The van der Waals surface area contributed by atoms with Crippen molar-refractivity contribution in [3.8, 4) is 0 Å². The molecule has 0 aromatic rings. The molecule has 0 spiro atoms. The van der Waals surface area contributed by atoms with Crippen molar-refractivity contribution in [2.75, 3.05) is 20.1 Å². The van der Waals surface area contributed by atoms with Gasteiger partial charge < -0.3 is 4.90 Å². The van der Waals surface area contributed by atoms with E-state index in [9.17, 15) is 0 Å². The molecule has 0 unspecified atom stereocenters. The Kier molecular flexibility index (Phi) is 11.7. The Morgan fingerprint density at radius 3 is 1.43 bits per heavy atom. The molecule has 0 saturated carbocycles. The van der Waals surface area contributed by atoms with E-state index < -0.39 is 0 Å². The zero-order valence-corrected chi connectivity index (χ0v) is 9.14. The van der Waals surface area contributed by atoms with Gasteiger partial charge in [-0.3, -0.25) is 0 Å². The predicted molar refractivity (Wildman–Crippen MR) is 28.8 cm³/mol. The Hall–Kier alpha value is 1.32. The first kappa shape index (κ1) is 11.2. The summed E-state index contributed by atoms with van der Waals surface area (Å²) in [6.07, 6.45) is 0. The van der Waals surface area contributed by atoms with Crippen LogP contribution in [0, 0.1) is 41.3 Å². The first-order valence-corrected chi connectivity index (χ1v) is 2.49. The first-order valence-electron chi connectivity index (χ1n) is 2.49. The predicted octanol–water partition coefficient (Wildman–Crippen LogP) is 0.958. The third-order valence-corrected chi connectivity index (χ3v) is 1.08. The molecule has 1 nitrogen and oxygen atoms in total. The average molecular weight is 228 g/mol. The summed E-state index contributed by atoms with van der Waals surface area (Å²) in [5.41, 5.74) is 0. The third kappa shape index (κ3) is 7.32. The fraction of sp³-hybridized carbons (Fsp3) is 1.00. The van der Waals surface area contributed by atoms with E-state index >= 15 is 0 Å². The molecule has 0 N–H and O–H groups in total. The Labute approximate surface area is 79.4 Å². The average Bonchev–Trinajstić information content (AvgIpc) is 1.65. The Morgan fingerprint density at radius 1 is 1.14 bits per heavy atom. The van der Waals surface area contributed by atoms with Gasteiger partial charge in [0, 0.05) is 41.3 Å². The second-order valence-electron chi connectivity index (χ2n) is 1.49. The maximum Gasteiger partial charge on any atom is 0 e. The van der Waals surface area contributed by atoms with Crippen LogP contribution in [0.2, 0.25) is 0 Å². The van der Waals surface area contributed by atoms with Gasteiger partial charge in [-0.05, 0) is 20.1 Å². The molecule has 0 aliphatic carbocycles. The van der Waals surface area contributed by atoms with Gasteiger partial charge in [-0.15, -0.1) is 0 Å². The molecule has 2 heteroatoms. The molecule has 0 atom stereocenters. The van der Waals surface area contributed by atoms with E-state index in [0.29, 0.717) is 0 Å². The topological polar surface area (TPSA) is 3.24 Å². The fourth-order valence-electron chi connectivity index (χ4n) is 0.224. The van der Waals surface area contributed by atoms with Crippen molar-refractivity contribution in [3.05, 3.63) is 0 Å². The maximum atomic E-state index is 2.25. The van der Waals surface area contributed by atoms with Crippen LogP contribution in [-0.2, 0) is 0 Å². The molecular weight excluding hydrogens is 215 g/mol. The first-order chi connectivity index (χ1) is 2.81. The molecule has 0 bridgehead atoms. The maximum absolute atomic E-state index is 2.25. The molecule has 0 rings (SSSR count). The largest absolute Gasteiger partial charge is 0.307 e. The summed E-state index contributed by atoms with van der Waals surface area (Å²) in [5.74, 6) is 0. The number of hydrogen-bond donors (Lipinski definition) is 0. The van der Waals surface area contributed by atoms with Gasteiger partial charge in [0.1, 0.15) is 0 Å². The van der Waals surface area contributed by atoms with E-state index in [1.165, 1.54) is 0 Å². The van der Waals surface area contributed by atoms with Crippen LogP contribution < -0.4 is 0 Å². The summed E-state index contributed by atoms with van der Waals surface area (Å²) in [7, 11) is 2.11. The zero-order chi connectivity index (χ0) is 4.99. The number of hydrogen-bond acceptors (Lipinski definition) is 1. The van der Waals surface area contributed by atoms with Crippen LogP contribution in [0.4, 0.5) is 0 Å². The van der Waals surface area contributed by atoms with Gasteiger partial charge in [0.15, 0.2) is 0 Å². The van der Waals surface area contributed by atoms with E-state index in [0.717, 1.165) is 13.1 Å². The minimum atomic E-state index is 0. The molecule has 41 valence electrons. The summed E-state index contributed by atoms with van der Waals surface area (Å²) in [6.45, 7) is 6.64. The van der Waals surface area contributed by atoms with Gasteiger partial charge in [-0.1, -0.05) is 13.8 Å². The van der Waals surface area contributed by atoms with Crippen molar-refractivity contribution in [2.45, 2.75) is 13.8 Å². The standard InChI is InChI=1S/C5H13N.Pr/c1-4-6(3)5-2;/h4-5H2,1-3H3;. The molecule has 7 heavy (non-hydrogen) atoms. The Bertz CT molecular complexity index is 27.3. The summed E-state index contributed by atoms with van der Waals surface area (Å²) < 4.78 is 0. The molecular formula is C5H13NPr. The summed E-state index contributed by atoms with van der Waals surface area (Å²) in [4.78, 5) is 2.25. The van der Waals surface area contributed by atoms with Crippen molar-refractivity contribution in [3.63, 3.8) is 0 Å². The quantitative estimate of drug-likeness (QED) is 0.680. The minimum absolute atomic E-state index is 0. The van der Waals surface area contributed by atoms with Crippen LogP contribution in [-0.4, -0.2) is 25.0 Å². The van der Waals surface area contributed by atoms with Crippen LogP contribution in [0.15, 0.2) is 0 Å². The van der Waals surface area contributed by atoms with Gasteiger partial charge >= 0.3 is 0 Å². The van der Waals surface area contributed by atoms with Gasteiger partial charge in [0.2, 0.25) is 0 Å². The summed E-state index contributed by atoms with van der Waals surface area (Å²) in [6, 6.07) is 0. The molecule has 0 aliphatic rings. The van der Waals surface area contributed by atoms with Crippen LogP contribution in [0.1, 0.15) is 13.8 Å². The SMILES string of the molecule is CCN(C)CC.[Pr]. The molecule has 0 saturated heterocycles. The second-order valence-corrected chi connectivity index (χ2v) is 1.49. The van der Waals surface area contributed by atoms with Gasteiger partial charge in [-0.25, -0.2) is 0 Å². The van der Waals surface area contributed by atoms with Crippen molar-refractivity contribution in [1.29, 1.82) is 0 Å². The normalized spacial score (nSPS) is 8.57. The number of rotatable bonds is 2. The van der Waals surface area contributed by atoms with Crippen LogP contribution >= 0.6 is 0 Å². The van der Waals surface area contributed by atoms with Gasteiger partial charge in [0.05, 0.1) is 0 Å². The van der Waals surface area contributed by atoms with Gasteiger partial charge in [0.25, 0.3) is 0 Å². The van der Waals surface area contributed by atoms with Crippen molar-refractivity contribution in [2.24, 2.45) is 0 Å². The minimum Gasteiger partial charge on any atom is -0.307 e. The van der Waals surface area contributed by atoms with E-state index in [4.69, 9.17) is 0 Å². The van der Waals surface area contributed by atoms with E-state index in [2.05, 4.69) is 25.8 Å². The molecule has 0 aromatic carbocycles. The summed E-state index contributed by atoms with van der Waals surface area (Å²) >= 11 is 0. The molecule has 1 radical (unpaired) electrons. The fourth-order valence-corrected chi connectivity index (χ4v) is 0.224. The zero-order valence-electron chi connectivity index (χ0n) is 5.44. The van der Waals surface area contributed by atoms with Crippen LogP contribution in [0.3, 0.4) is 0 Å². The van der Waals surface area contributed by atoms with Gasteiger partial charge in [-0.2, -0.15) is 0 Å². The monoisotopic (exact) mass is 228 g/mol. The van der Waals surface area contributed by atoms with E-state index in [-0.39, 0.29) is 41.3 Å². The molecule has 0 aliphatic heterocycles. The van der Waals surface area contributed by atoms with Crippen LogP contribution in [0.5, 0.6) is 0 Å². The molecule has 0 aromatic heterocycles. The smallest absolute Gasteiger partial charge is 0 e. The van der Waals surface area contributed by atoms with E-state index in [1.54, 1.807) is 0 Å². The van der Waals surface area contributed by atoms with Crippen molar-refractivity contribution >= 4 is 0 Å². The molecule has 0 fully saturated rings. The molecule has 0 amide bonds. The number of nitrogens with zero attached hydrogens (tertiary/aromatic N) is 1. The third-order valence-electron chi connectivity index (χ3n) is 1.08.